The summed E-state index contributed by atoms with van der Waals surface area (Å²) in [7, 11) is 0. The smallest absolute Gasteiger partial charge is 0.257 e. The van der Waals surface area contributed by atoms with Gasteiger partial charge in [-0.25, -0.2) is 0 Å². The molecule has 0 unspecified atom stereocenters. The van der Waals surface area contributed by atoms with Crippen molar-refractivity contribution in [2.24, 2.45) is 0 Å². The number of carbonyl (C=O) groups excluding carboxylic acids is 1. The molecule has 2 aromatic rings. The fourth-order valence-electron chi connectivity index (χ4n) is 1.89. The van der Waals surface area contributed by atoms with Gasteiger partial charge in [0, 0.05) is 16.3 Å². The molecule has 0 spiro atoms. The number of hydrogen-bond acceptors (Lipinski definition) is 2. The first-order valence-electron chi connectivity index (χ1n) is 6.82. The van der Waals surface area contributed by atoms with E-state index in [1.165, 1.54) is 0 Å². The Morgan fingerprint density at radius 3 is 2.32 bits per heavy atom. The van der Waals surface area contributed by atoms with E-state index in [4.69, 9.17) is 23.8 Å². The molecule has 5 heteroatoms. The second-order valence-corrected chi connectivity index (χ2v) is 5.99. The average Bonchev–Trinajstić information content (AvgIpc) is 2.45. The first-order valence-corrected chi connectivity index (χ1v) is 7.61. The lowest BCUT2D eigenvalue weighted by Crippen LogP contribution is -2.34. The van der Waals surface area contributed by atoms with Gasteiger partial charge < -0.3 is 5.32 Å². The lowest BCUT2D eigenvalue weighted by molar-refractivity contribution is 0.0977. The van der Waals surface area contributed by atoms with E-state index >= 15 is 0 Å². The molecule has 0 aliphatic rings. The topological polar surface area (TPSA) is 41.1 Å². The summed E-state index contributed by atoms with van der Waals surface area (Å²) in [5, 5.41) is 6.50. The Morgan fingerprint density at radius 2 is 1.68 bits per heavy atom. The number of carbonyl (C=O) groups is 1. The second-order valence-electron chi connectivity index (χ2n) is 5.17. The molecule has 2 aromatic carbocycles. The van der Waals surface area contributed by atoms with Crippen molar-refractivity contribution in [3.8, 4) is 0 Å². The van der Waals surface area contributed by atoms with Crippen LogP contribution in [0.1, 0.15) is 27.0 Å². The van der Waals surface area contributed by atoms with Crippen molar-refractivity contribution in [2.75, 3.05) is 5.32 Å². The van der Waals surface area contributed by atoms with Crippen LogP contribution in [-0.4, -0.2) is 11.0 Å². The predicted molar refractivity (Wildman–Crippen MR) is 95.8 cm³/mol. The number of aryl methyl sites for hydroxylation is 3. The maximum atomic E-state index is 12.2. The van der Waals surface area contributed by atoms with Crippen molar-refractivity contribution in [2.45, 2.75) is 20.8 Å². The highest BCUT2D eigenvalue weighted by molar-refractivity contribution is 7.80. The van der Waals surface area contributed by atoms with Gasteiger partial charge in [0.1, 0.15) is 0 Å². The van der Waals surface area contributed by atoms with Crippen molar-refractivity contribution < 1.29 is 4.79 Å². The highest BCUT2D eigenvalue weighted by atomic mass is 35.5. The minimum absolute atomic E-state index is 0.237. The molecule has 0 saturated carbocycles. The Bertz CT molecular complexity index is 743. The van der Waals surface area contributed by atoms with Gasteiger partial charge in [0.05, 0.1) is 0 Å². The van der Waals surface area contributed by atoms with E-state index in [2.05, 4.69) is 10.6 Å². The number of hydrogen-bond donors (Lipinski definition) is 2. The van der Waals surface area contributed by atoms with Crippen LogP contribution in [0.3, 0.4) is 0 Å². The zero-order chi connectivity index (χ0) is 16.3. The highest BCUT2D eigenvalue weighted by Gasteiger charge is 2.09. The molecule has 0 saturated heterocycles. The molecule has 114 valence electrons. The summed E-state index contributed by atoms with van der Waals surface area (Å²) in [5.41, 5.74) is 4.51. The van der Waals surface area contributed by atoms with Crippen molar-refractivity contribution in [3.05, 3.63) is 63.7 Å². The van der Waals surface area contributed by atoms with Crippen molar-refractivity contribution in [1.29, 1.82) is 0 Å². The highest BCUT2D eigenvalue weighted by Crippen LogP contribution is 2.19. The van der Waals surface area contributed by atoms with Gasteiger partial charge in [-0.3, -0.25) is 10.1 Å². The minimum Gasteiger partial charge on any atom is -0.332 e. The van der Waals surface area contributed by atoms with Gasteiger partial charge in [-0.2, -0.15) is 0 Å². The van der Waals surface area contributed by atoms with E-state index in [1.807, 2.05) is 45.0 Å². The summed E-state index contributed by atoms with van der Waals surface area (Å²) in [6, 6.07) is 11.1. The molecule has 0 aliphatic carbocycles. The van der Waals surface area contributed by atoms with Gasteiger partial charge in [-0.05, 0) is 73.9 Å². The van der Waals surface area contributed by atoms with E-state index in [0.29, 0.717) is 10.6 Å². The fraction of sp³-hybridized carbons (Fsp3) is 0.176. The molecule has 2 rings (SSSR count). The number of anilines is 1. The quantitative estimate of drug-likeness (QED) is 0.801. The first-order chi connectivity index (χ1) is 10.4. The normalized spacial score (nSPS) is 10.2. The van der Waals surface area contributed by atoms with Crippen LogP contribution in [0, 0.1) is 20.8 Å². The molecular formula is C17H17ClN2OS. The van der Waals surface area contributed by atoms with Gasteiger partial charge in [0.25, 0.3) is 5.91 Å². The molecule has 0 aromatic heterocycles. The fourth-order valence-corrected chi connectivity index (χ4v) is 2.28. The lowest BCUT2D eigenvalue weighted by atomic mass is 10.1. The third-order valence-electron chi connectivity index (χ3n) is 3.43. The van der Waals surface area contributed by atoms with Gasteiger partial charge in [-0.1, -0.05) is 23.7 Å². The Labute approximate surface area is 140 Å². The summed E-state index contributed by atoms with van der Waals surface area (Å²) in [4.78, 5) is 12.2. The van der Waals surface area contributed by atoms with Crippen LogP contribution in [0.4, 0.5) is 5.69 Å². The number of benzene rings is 2. The summed E-state index contributed by atoms with van der Waals surface area (Å²) in [6.07, 6.45) is 0. The lowest BCUT2D eigenvalue weighted by Gasteiger charge is -2.11. The maximum absolute atomic E-state index is 12.2. The van der Waals surface area contributed by atoms with Crippen molar-refractivity contribution in [3.63, 3.8) is 0 Å². The molecule has 3 nitrogen and oxygen atoms in total. The summed E-state index contributed by atoms with van der Waals surface area (Å²) >= 11 is 11.2. The number of thiocarbonyl (C=S) groups is 1. The van der Waals surface area contributed by atoms with Crippen molar-refractivity contribution in [1.82, 2.24) is 5.32 Å². The van der Waals surface area contributed by atoms with E-state index < -0.39 is 0 Å². The molecular weight excluding hydrogens is 316 g/mol. The van der Waals surface area contributed by atoms with E-state index in [-0.39, 0.29) is 11.0 Å². The SMILES string of the molecule is Cc1ccc(C(=O)NC(=S)Nc2ccc(C)c(Cl)c2)cc1C. The third-order valence-corrected chi connectivity index (χ3v) is 4.04. The summed E-state index contributed by atoms with van der Waals surface area (Å²) < 4.78 is 0. The Morgan fingerprint density at radius 1 is 1.00 bits per heavy atom. The van der Waals surface area contributed by atoms with Crippen LogP contribution in [0.15, 0.2) is 36.4 Å². The van der Waals surface area contributed by atoms with E-state index in [0.717, 1.165) is 22.4 Å². The number of amides is 1. The molecule has 22 heavy (non-hydrogen) atoms. The van der Waals surface area contributed by atoms with Crippen LogP contribution in [0.25, 0.3) is 0 Å². The number of halogens is 1. The standard InChI is InChI=1S/C17H17ClN2OS/c1-10-4-6-13(8-12(10)3)16(21)20-17(22)19-14-7-5-11(2)15(18)9-14/h4-9H,1-3H3,(H2,19,20,21,22). The number of nitrogens with one attached hydrogen (secondary N) is 2. The van der Waals surface area contributed by atoms with Crippen LogP contribution >= 0.6 is 23.8 Å². The molecule has 2 N–H and O–H groups in total. The zero-order valence-electron chi connectivity index (χ0n) is 12.7. The van der Waals surface area contributed by atoms with E-state index in [1.54, 1.807) is 12.1 Å². The number of rotatable bonds is 2. The van der Waals surface area contributed by atoms with Gasteiger partial charge in [-0.15, -0.1) is 0 Å². The molecule has 0 fully saturated rings. The first kappa shape index (κ1) is 16.5. The predicted octanol–water partition coefficient (Wildman–Crippen LogP) is 4.39. The molecule has 1 amide bonds. The Hall–Kier alpha value is -1.91. The van der Waals surface area contributed by atoms with Gasteiger partial charge in [0.15, 0.2) is 5.11 Å². The third kappa shape index (κ3) is 4.06. The van der Waals surface area contributed by atoms with E-state index in [9.17, 15) is 4.79 Å². The van der Waals surface area contributed by atoms with Crippen LogP contribution in [0.2, 0.25) is 5.02 Å². The van der Waals surface area contributed by atoms with Crippen molar-refractivity contribution >= 4 is 40.5 Å². The second kappa shape index (κ2) is 6.90. The van der Waals surface area contributed by atoms with Gasteiger partial charge >= 0.3 is 0 Å². The zero-order valence-corrected chi connectivity index (χ0v) is 14.2. The largest absolute Gasteiger partial charge is 0.332 e. The minimum atomic E-state index is -0.237. The van der Waals surface area contributed by atoms with Crippen LogP contribution in [-0.2, 0) is 0 Å². The van der Waals surface area contributed by atoms with Gasteiger partial charge in [0.2, 0.25) is 0 Å². The monoisotopic (exact) mass is 332 g/mol. The molecule has 0 bridgehead atoms. The molecule has 0 atom stereocenters. The average molecular weight is 333 g/mol. The molecule has 0 aliphatic heterocycles. The Balaban J connectivity index is 2.03. The maximum Gasteiger partial charge on any atom is 0.257 e. The molecule has 0 radical (unpaired) electrons. The summed E-state index contributed by atoms with van der Waals surface area (Å²) in [5.74, 6) is -0.237. The molecule has 0 heterocycles. The van der Waals surface area contributed by atoms with Crippen LogP contribution in [0.5, 0.6) is 0 Å². The Kier molecular flexibility index (Phi) is 5.16. The van der Waals surface area contributed by atoms with Crippen LogP contribution < -0.4 is 10.6 Å². The summed E-state index contributed by atoms with van der Waals surface area (Å²) in [6.45, 7) is 5.90.